The molecule has 1 aliphatic heterocycles. The van der Waals surface area contributed by atoms with E-state index in [1.807, 2.05) is 6.07 Å². The lowest BCUT2D eigenvalue weighted by Gasteiger charge is -2.13. The lowest BCUT2D eigenvalue weighted by Crippen LogP contribution is -2.28. The Kier molecular flexibility index (Phi) is 4.30. The van der Waals surface area contributed by atoms with Crippen LogP contribution < -0.4 is 16.0 Å². The van der Waals surface area contributed by atoms with Gasteiger partial charge in [0.1, 0.15) is 5.82 Å². The van der Waals surface area contributed by atoms with Crippen molar-refractivity contribution in [2.45, 2.75) is 19.6 Å². The highest BCUT2D eigenvalue weighted by Crippen LogP contribution is 2.11. The summed E-state index contributed by atoms with van der Waals surface area (Å²) in [4.78, 5) is 0. The Morgan fingerprint density at radius 2 is 2.10 bits per heavy atom. The minimum Gasteiger partial charge on any atom is -0.367 e. The van der Waals surface area contributed by atoms with Crippen molar-refractivity contribution in [3.05, 3.63) is 47.7 Å². The molecule has 3 rings (SSSR count). The van der Waals surface area contributed by atoms with Crippen molar-refractivity contribution in [1.29, 1.82) is 0 Å². The molecule has 0 radical (unpaired) electrons. The topological polar surface area (TPSA) is 53.9 Å². The van der Waals surface area contributed by atoms with E-state index >= 15 is 0 Å². The monoisotopic (exact) mass is 271 g/mol. The van der Waals surface area contributed by atoms with E-state index in [2.05, 4.69) is 56.1 Å². The van der Waals surface area contributed by atoms with Gasteiger partial charge in [0.05, 0.1) is 12.2 Å². The molecule has 1 aromatic heterocycles. The first kappa shape index (κ1) is 13.1. The van der Waals surface area contributed by atoms with Crippen molar-refractivity contribution >= 4 is 5.82 Å². The zero-order valence-corrected chi connectivity index (χ0v) is 11.6. The molecule has 0 saturated heterocycles. The van der Waals surface area contributed by atoms with Gasteiger partial charge in [-0.25, -0.2) is 0 Å². The van der Waals surface area contributed by atoms with Gasteiger partial charge in [0, 0.05) is 38.8 Å². The number of nitrogens with zero attached hydrogens (tertiary/aromatic N) is 2. The minimum absolute atomic E-state index is 0.886. The molecule has 5 nitrogen and oxygen atoms in total. The van der Waals surface area contributed by atoms with Gasteiger partial charge in [-0.15, -0.1) is 0 Å². The van der Waals surface area contributed by atoms with E-state index in [-0.39, 0.29) is 0 Å². The molecular weight excluding hydrogens is 250 g/mol. The van der Waals surface area contributed by atoms with Crippen molar-refractivity contribution < 1.29 is 0 Å². The summed E-state index contributed by atoms with van der Waals surface area (Å²) in [7, 11) is 0. The van der Waals surface area contributed by atoms with Crippen LogP contribution >= 0.6 is 0 Å². The Morgan fingerprint density at radius 1 is 1.20 bits per heavy atom. The molecule has 20 heavy (non-hydrogen) atoms. The second-order valence-electron chi connectivity index (χ2n) is 5.01. The van der Waals surface area contributed by atoms with E-state index in [4.69, 9.17) is 0 Å². The number of benzene rings is 1. The van der Waals surface area contributed by atoms with E-state index in [9.17, 15) is 0 Å². The highest BCUT2D eigenvalue weighted by Gasteiger charge is 2.10. The van der Waals surface area contributed by atoms with Gasteiger partial charge in [0.2, 0.25) is 0 Å². The zero-order chi connectivity index (χ0) is 13.6. The van der Waals surface area contributed by atoms with Crippen molar-refractivity contribution in [3.8, 4) is 0 Å². The smallest absolute Gasteiger partial charge is 0.148 e. The van der Waals surface area contributed by atoms with Crippen molar-refractivity contribution in [1.82, 2.24) is 20.4 Å². The van der Waals surface area contributed by atoms with Crippen LogP contribution in [-0.4, -0.2) is 29.4 Å². The molecule has 1 aliphatic rings. The van der Waals surface area contributed by atoms with Crippen molar-refractivity contribution in [3.63, 3.8) is 0 Å². The van der Waals surface area contributed by atoms with Gasteiger partial charge < -0.3 is 16.0 Å². The SMILES string of the molecule is c1ccc(CNCCNc2cc3n(n2)CCNC3)cc1. The third kappa shape index (κ3) is 3.37. The molecular formula is C15H21N5. The average Bonchev–Trinajstić information content (AvgIpc) is 2.90. The highest BCUT2D eigenvalue weighted by molar-refractivity contribution is 5.36. The lowest BCUT2D eigenvalue weighted by molar-refractivity contribution is 0.476. The predicted molar refractivity (Wildman–Crippen MR) is 80.6 cm³/mol. The third-order valence-electron chi connectivity index (χ3n) is 3.45. The molecule has 0 saturated carbocycles. The van der Waals surface area contributed by atoms with E-state index in [0.29, 0.717) is 0 Å². The summed E-state index contributed by atoms with van der Waals surface area (Å²) in [5.74, 6) is 0.977. The van der Waals surface area contributed by atoms with E-state index in [1.165, 1.54) is 11.3 Å². The van der Waals surface area contributed by atoms with Gasteiger partial charge in [0.25, 0.3) is 0 Å². The first-order valence-corrected chi connectivity index (χ1v) is 7.18. The number of hydrogen-bond acceptors (Lipinski definition) is 4. The first-order valence-electron chi connectivity index (χ1n) is 7.18. The molecule has 0 unspecified atom stereocenters. The number of rotatable bonds is 6. The Labute approximate surface area is 119 Å². The highest BCUT2D eigenvalue weighted by atomic mass is 15.3. The van der Waals surface area contributed by atoms with Crippen LogP contribution in [0.5, 0.6) is 0 Å². The van der Waals surface area contributed by atoms with Crippen LogP contribution in [0.15, 0.2) is 36.4 Å². The molecule has 3 N–H and O–H groups in total. The molecule has 0 atom stereocenters. The van der Waals surface area contributed by atoms with E-state index < -0.39 is 0 Å². The summed E-state index contributed by atoms with van der Waals surface area (Å²) < 4.78 is 2.08. The maximum Gasteiger partial charge on any atom is 0.148 e. The Bertz CT molecular complexity index is 511. The standard InChI is InChI=1S/C15H21N5/c1-2-4-13(5-3-1)11-16-6-7-18-15-10-14-12-17-8-9-20(14)19-15/h1-5,10,16-17H,6-9,11-12H2,(H,18,19). The van der Waals surface area contributed by atoms with Gasteiger partial charge in [-0.3, -0.25) is 4.68 Å². The molecule has 0 fully saturated rings. The Morgan fingerprint density at radius 3 is 2.95 bits per heavy atom. The van der Waals surface area contributed by atoms with Gasteiger partial charge in [-0.1, -0.05) is 30.3 Å². The van der Waals surface area contributed by atoms with Gasteiger partial charge >= 0.3 is 0 Å². The minimum atomic E-state index is 0.886. The molecule has 0 aliphatic carbocycles. The van der Waals surface area contributed by atoms with Crippen LogP contribution in [0.1, 0.15) is 11.3 Å². The third-order valence-corrected chi connectivity index (χ3v) is 3.45. The van der Waals surface area contributed by atoms with Gasteiger partial charge in [-0.05, 0) is 5.56 Å². The lowest BCUT2D eigenvalue weighted by atomic mass is 10.2. The van der Waals surface area contributed by atoms with Gasteiger partial charge in [-0.2, -0.15) is 5.10 Å². The zero-order valence-electron chi connectivity index (χ0n) is 11.6. The normalized spacial score (nSPS) is 14.0. The van der Waals surface area contributed by atoms with Crippen molar-refractivity contribution in [2.24, 2.45) is 0 Å². The number of hydrogen-bond donors (Lipinski definition) is 3. The van der Waals surface area contributed by atoms with E-state index in [0.717, 1.165) is 45.1 Å². The van der Waals surface area contributed by atoms with Gasteiger partial charge in [0.15, 0.2) is 0 Å². The molecule has 0 bridgehead atoms. The van der Waals surface area contributed by atoms with Crippen LogP contribution in [0.3, 0.4) is 0 Å². The Hall–Kier alpha value is -1.85. The number of nitrogens with one attached hydrogen (secondary N) is 3. The summed E-state index contributed by atoms with van der Waals surface area (Å²) >= 11 is 0. The van der Waals surface area contributed by atoms with Crippen LogP contribution in [0.4, 0.5) is 5.82 Å². The predicted octanol–water partition coefficient (Wildman–Crippen LogP) is 1.19. The fourth-order valence-corrected chi connectivity index (χ4v) is 2.39. The molecule has 5 heteroatoms. The molecule has 2 heterocycles. The fraction of sp³-hybridized carbons (Fsp3) is 0.400. The molecule has 1 aromatic carbocycles. The average molecular weight is 271 g/mol. The quantitative estimate of drug-likeness (QED) is 0.691. The fourth-order valence-electron chi connectivity index (χ4n) is 2.39. The maximum atomic E-state index is 4.54. The summed E-state index contributed by atoms with van der Waals surface area (Å²) in [5, 5.41) is 14.7. The number of fused-ring (bicyclic) bond motifs is 1. The number of anilines is 1. The summed E-state index contributed by atoms with van der Waals surface area (Å²) in [5.41, 5.74) is 2.58. The number of aromatic nitrogens is 2. The van der Waals surface area contributed by atoms with E-state index in [1.54, 1.807) is 0 Å². The summed E-state index contributed by atoms with van der Waals surface area (Å²) in [6.45, 7) is 5.61. The molecule has 0 amide bonds. The Balaban J connectivity index is 1.38. The maximum absolute atomic E-state index is 4.54. The second kappa shape index (κ2) is 6.54. The molecule has 2 aromatic rings. The van der Waals surface area contributed by atoms with Crippen LogP contribution in [0.25, 0.3) is 0 Å². The molecule has 0 spiro atoms. The largest absolute Gasteiger partial charge is 0.367 e. The van der Waals surface area contributed by atoms with Crippen LogP contribution in [-0.2, 0) is 19.6 Å². The summed E-state index contributed by atoms with van der Waals surface area (Å²) in [6, 6.07) is 12.6. The molecule has 106 valence electrons. The first-order chi connectivity index (χ1) is 9.92. The second-order valence-corrected chi connectivity index (χ2v) is 5.01. The van der Waals surface area contributed by atoms with Crippen LogP contribution in [0, 0.1) is 0 Å². The summed E-state index contributed by atoms with van der Waals surface area (Å²) in [6.07, 6.45) is 0. The van der Waals surface area contributed by atoms with Crippen LogP contribution in [0.2, 0.25) is 0 Å². The van der Waals surface area contributed by atoms with Crippen molar-refractivity contribution in [2.75, 3.05) is 25.0 Å².